The van der Waals surface area contributed by atoms with Crippen LogP contribution in [0.4, 0.5) is 11.5 Å². The average Bonchev–Trinajstić information content (AvgIpc) is 2.41. The first kappa shape index (κ1) is 11.9. The number of pyridine rings is 1. The molecule has 2 N–H and O–H groups in total. The first-order valence-corrected chi connectivity index (χ1v) is 5.61. The van der Waals surface area contributed by atoms with E-state index in [2.05, 4.69) is 11.1 Å². The van der Waals surface area contributed by atoms with Crippen LogP contribution in [-0.4, -0.2) is 12.0 Å². The fraction of sp³-hybridized carbons (Fsp3) is 0.143. The zero-order chi connectivity index (χ0) is 13.0. The molecule has 1 heterocycles. The van der Waals surface area contributed by atoms with Crippen molar-refractivity contribution in [3.8, 4) is 6.07 Å². The van der Waals surface area contributed by atoms with Gasteiger partial charge in [0.25, 0.3) is 0 Å². The summed E-state index contributed by atoms with van der Waals surface area (Å²) < 4.78 is 0. The minimum absolute atomic E-state index is 0.605. The minimum atomic E-state index is 0.605. The molecule has 0 atom stereocenters. The number of nitrogen functional groups attached to an aromatic ring is 1. The van der Waals surface area contributed by atoms with E-state index in [1.165, 1.54) is 0 Å². The molecule has 0 aliphatic heterocycles. The molecule has 0 amide bonds. The molecule has 1 aromatic heterocycles. The highest BCUT2D eigenvalue weighted by Gasteiger charge is 2.06. The Kier molecular flexibility index (Phi) is 3.44. The lowest BCUT2D eigenvalue weighted by Gasteiger charge is -2.19. The van der Waals surface area contributed by atoms with Crippen molar-refractivity contribution < 1.29 is 0 Å². The predicted octanol–water partition coefficient (Wildman–Crippen LogP) is 2.17. The third kappa shape index (κ3) is 2.58. The first-order chi connectivity index (χ1) is 8.70. The molecule has 0 fully saturated rings. The molecular formula is C14H14N4. The van der Waals surface area contributed by atoms with Crippen LogP contribution in [0.2, 0.25) is 0 Å². The quantitative estimate of drug-likeness (QED) is 0.832. The number of rotatable bonds is 3. The standard InChI is InChI=1S/C14H14N4/c1-18(10-12-4-2-3-5-13(12)16)14-8-11(9-15)6-7-17-14/h2-8H,10,16H2,1H3. The summed E-state index contributed by atoms with van der Waals surface area (Å²) in [6.45, 7) is 0.661. The van der Waals surface area contributed by atoms with E-state index in [1.807, 2.05) is 36.2 Å². The predicted molar refractivity (Wildman–Crippen MR) is 71.9 cm³/mol. The zero-order valence-electron chi connectivity index (χ0n) is 10.2. The van der Waals surface area contributed by atoms with Gasteiger partial charge in [0.05, 0.1) is 11.6 Å². The maximum Gasteiger partial charge on any atom is 0.129 e. The Morgan fingerprint density at radius 2 is 2.11 bits per heavy atom. The number of nitrogens with two attached hydrogens (primary N) is 1. The summed E-state index contributed by atoms with van der Waals surface area (Å²) in [5.74, 6) is 0.761. The van der Waals surface area contributed by atoms with E-state index in [-0.39, 0.29) is 0 Å². The molecule has 0 radical (unpaired) electrons. The number of hydrogen-bond donors (Lipinski definition) is 1. The molecule has 2 rings (SSSR count). The number of nitrogens with zero attached hydrogens (tertiary/aromatic N) is 3. The van der Waals surface area contributed by atoms with Gasteiger partial charge in [0.2, 0.25) is 0 Å². The van der Waals surface area contributed by atoms with Gasteiger partial charge in [-0.15, -0.1) is 0 Å². The number of para-hydroxylation sites is 1. The van der Waals surface area contributed by atoms with Crippen molar-refractivity contribution in [1.82, 2.24) is 4.98 Å². The molecule has 1 aromatic carbocycles. The molecule has 90 valence electrons. The molecule has 0 aliphatic carbocycles. The van der Waals surface area contributed by atoms with Gasteiger partial charge in [-0.05, 0) is 23.8 Å². The van der Waals surface area contributed by atoms with Crippen molar-refractivity contribution in [2.24, 2.45) is 0 Å². The van der Waals surface area contributed by atoms with Gasteiger partial charge >= 0.3 is 0 Å². The van der Waals surface area contributed by atoms with Crippen LogP contribution < -0.4 is 10.6 Å². The van der Waals surface area contributed by atoms with Gasteiger partial charge in [0.15, 0.2) is 0 Å². The summed E-state index contributed by atoms with van der Waals surface area (Å²) in [4.78, 5) is 6.21. The van der Waals surface area contributed by atoms with E-state index in [0.717, 1.165) is 17.1 Å². The van der Waals surface area contributed by atoms with Crippen molar-refractivity contribution >= 4 is 11.5 Å². The summed E-state index contributed by atoms with van der Waals surface area (Å²) in [7, 11) is 1.93. The second kappa shape index (κ2) is 5.19. The van der Waals surface area contributed by atoms with Crippen molar-refractivity contribution in [3.63, 3.8) is 0 Å². The van der Waals surface area contributed by atoms with Gasteiger partial charge < -0.3 is 10.6 Å². The van der Waals surface area contributed by atoms with Crippen LogP contribution in [0.3, 0.4) is 0 Å². The van der Waals surface area contributed by atoms with Crippen LogP contribution in [0.25, 0.3) is 0 Å². The lowest BCUT2D eigenvalue weighted by atomic mass is 10.1. The van der Waals surface area contributed by atoms with Gasteiger partial charge in [0, 0.05) is 25.5 Å². The van der Waals surface area contributed by atoms with Crippen molar-refractivity contribution in [2.75, 3.05) is 17.7 Å². The monoisotopic (exact) mass is 238 g/mol. The molecule has 0 unspecified atom stereocenters. The van der Waals surface area contributed by atoms with Gasteiger partial charge in [0.1, 0.15) is 5.82 Å². The molecule has 0 bridgehead atoms. The largest absolute Gasteiger partial charge is 0.398 e. The van der Waals surface area contributed by atoms with Crippen LogP contribution in [0.5, 0.6) is 0 Å². The maximum atomic E-state index is 8.86. The van der Waals surface area contributed by atoms with Gasteiger partial charge in [-0.1, -0.05) is 18.2 Å². The smallest absolute Gasteiger partial charge is 0.129 e. The van der Waals surface area contributed by atoms with E-state index in [9.17, 15) is 0 Å². The number of aromatic nitrogens is 1. The molecule has 0 aliphatic rings. The molecule has 4 heteroatoms. The molecule has 0 spiro atoms. The Bertz CT molecular complexity index is 586. The summed E-state index contributed by atoms with van der Waals surface area (Å²) in [5.41, 5.74) is 8.32. The van der Waals surface area contributed by atoms with Crippen LogP contribution in [0.1, 0.15) is 11.1 Å². The van der Waals surface area contributed by atoms with Crippen molar-refractivity contribution in [2.45, 2.75) is 6.54 Å². The second-order valence-corrected chi connectivity index (χ2v) is 4.07. The summed E-state index contributed by atoms with van der Waals surface area (Å²) >= 11 is 0. The summed E-state index contributed by atoms with van der Waals surface area (Å²) in [6, 6.07) is 13.3. The summed E-state index contributed by atoms with van der Waals surface area (Å²) in [5, 5.41) is 8.86. The highest BCUT2D eigenvalue weighted by molar-refractivity contribution is 5.50. The van der Waals surface area contributed by atoms with Crippen LogP contribution >= 0.6 is 0 Å². The van der Waals surface area contributed by atoms with Gasteiger partial charge in [-0.3, -0.25) is 0 Å². The van der Waals surface area contributed by atoms with Crippen LogP contribution in [-0.2, 0) is 6.54 Å². The highest BCUT2D eigenvalue weighted by Crippen LogP contribution is 2.17. The third-order valence-electron chi connectivity index (χ3n) is 2.73. The number of anilines is 2. The Hall–Kier alpha value is -2.54. The number of benzene rings is 1. The SMILES string of the molecule is CN(Cc1ccccc1N)c1cc(C#N)ccn1. The summed E-state index contributed by atoms with van der Waals surface area (Å²) in [6.07, 6.45) is 1.64. The third-order valence-corrected chi connectivity index (χ3v) is 2.73. The Morgan fingerprint density at radius 3 is 2.83 bits per heavy atom. The molecule has 4 nitrogen and oxygen atoms in total. The Morgan fingerprint density at radius 1 is 1.33 bits per heavy atom. The molecule has 0 saturated heterocycles. The molecule has 18 heavy (non-hydrogen) atoms. The van der Waals surface area contributed by atoms with E-state index in [1.54, 1.807) is 18.3 Å². The van der Waals surface area contributed by atoms with E-state index in [4.69, 9.17) is 11.0 Å². The van der Waals surface area contributed by atoms with Gasteiger partial charge in [-0.25, -0.2) is 4.98 Å². The lowest BCUT2D eigenvalue weighted by Crippen LogP contribution is -2.18. The second-order valence-electron chi connectivity index (χ2n) is 4.07. The first-order valence-electron chi connectivity index (χ1n) is 5.61. The van der Waals surface area contributed by atoms with Crippen LogP contribution in [0, 0.1) is 11.3 Å². The zero-order valence-corrected chi connectivity index (χ0v) is 10.2. The fourth-order valence-corrected chi connectivity index (χ4v) is 1.71. The highest BCUT2D eigenvalue weighted by atomic mass is 15.2. The number of hydrogen-bond acceptors (Lipinski definition) is 4. The van der Waals surface area contributed by atoms with E-state index >= 15 is 0 Å². The van der Waals surface area contributed by atoms with Crippen LogP contribution in [0.15, 0.2) is 42.6 Å². The molecular weight excluding hydrogens is 224 g/mol. The van der Waals surface area contributed by atoms with E-state index in [0.29, 0.717) is 12.1 Å². The van der Waals surface area contributed by atoms with Gasteiger partial charge in [-0.2, -0.15) is 5.26 Å². The van der Waals surface area contributed by atoms with Crippen molar-refractivity contribution in [1.29, 1.82) is 5.26 Å². The molecule has 0 saturated carbocycles. The van der Waals surface area contributed by atoms with E-state index < -0.39 is 0 Å². The minimum Gasteiger partial charge on any atom is -0.398 e. The lowest BCUT2D eigenvalue weighted by molar-refractivity contribution is 0.899. The fourth-order valence-electron chi connectivity index (χ4n) is 1.71. The van der Waals surface area contributed by atoms with Crippen molar-refractivity contribution in [3.05, 3.63) is 53.7 Å². The topological polar surface area (TPSA) is 65.9 Å². The Balaban J connectivity index is 2.20. The average molecular weight is 238 g/mol. The molecule has 2 aromatic rings. The number of nitriles is 1. The Labute approximate surface area is 106 Å². The maximum absolute atomic E-state index is 8.86. The normalized spacial score (nSPS) is 9.78.